The number of nitrogens with one attached hydrogen (secondary N) is 2. The van der Waals surface area contributed by atoms with Gasteiger partial charge in [0.25, 0.3) is 0 Å². The summed E-state index contributed by atoms with van der Waals surface area (Å²) in [6, 6.07) is 15.1. The average Bonchev–Trinajstić information content (AvgIpc) is 3.32. The predicted molar refractivity (Wildman–Crippen MR) is 111 cm³/mol. The molecule has 0 amide bonds. The van der Waals surface area contributed by atoms with Crippen LogP contribution >= 0.6 is 0 Å². The van der Waals surface area contributed by atoms with E-state index in [0.717, 1.165) is 38.0 Å². The molecule has 5 nitrogen and oxygen atoms in total. The standard InChI is InChI=1S/C22H29N5/c1-23-21(26-17-22(11-12-22)19-7-3-2-4-8-19)25-16-18-9-10-20(24-15-18)27-13-5-6-14-27/h2-4,7-10,15H,5-6,11-14,16-17H2,1H3,(H2,23,25,26). The number of guanidine groups is 1. The van der Waals surface area contributed by atoms with Crippen LogP contribution in [0.2, 0.25) is 0 Å². The minimum atomic E-state index is 0.276. The minimum Gasteiger partial charge on any atom is -0.357 e. The van der Waals surface area contributed by atoms with Crippen molar-refractivity contribution in [3.05, 3.63) is 59.8 Å². The zero-order valence-corrected chi connectivity index (χ0v) is 16.1. The van der Waals surface area contributed by atoms with Crippen LogP contribution in [0, 0.1) is 0 Å². The normalized spacial score (nSPS) is 18.4. The highest BCUT2D eigenvalue weighted by Gasteiger charge is 2.43. The lowest BCUT2D eigenvalue weighted by atomic mass is 9.96. The molecule has 1 aromatic heterocycles. The molecule has 0 atom stereocenters. The van der Waals surface area contributed by atoms with Crippen LogP contribution in [0.15, 0.2) is 53.7 Å². The van der Waals surface area contributed by atoms with Crippen LogP contribution in [0.25, 0.3) is 0 Å². The lowest BCUT2D eigenvalue weighted by Gasteiger charge is -2.19. The number of pyridine rings is 1. The van der Waals surface area contributed by atoms with Gasteiger partial charge in [0.2, 0.25) is 0 Å². The summed E-state index contributed by atoms with van der Waals surface area (Å²) in [5.74, 6) is 1.94. The molecule has 142 valence electrons. The van der Waals surface area contributed by atoms with E-state index in [1.54, 1.807) is 0 Å². The Labute approximate surface area is 161 Å². The molecule has 4 rings (SSSR count). The van der Waals surface area contributed by atoms with Crippen molar-refractivity contribution >= 4 is 11.8 Å². The second kappa shape index (κ2) is 7.99. The van der Waals surface area contributed by atoms with Crippen molar-refractivity contribution in [1.29, 1.82) is 0 Å². The average molecular weight is 364 g/mol. The first kappa shape index (κ1) is 17.8. The maximum Gasteiger partial charge on any atom is 0.191 e. The van der Waals surface area contributed by atoms with Crippen LogP contribution in [-0.4, -0.2) is 37.6 Å². The molecule has 1 aliphatic heterocycles. The Bertz CT molecular complexity index is 759. The summed E-state index contributed by atoms with van der Waals surface area (Å²) in [5.41, 5.74) is 2.87. The van der Waals surface area contributed by atoms with E-state index in [9.17, 15) is 0 Å². The van der Waals surface area contributed by atoms with Gasteiger partial charge in [0.15, 0.2) is 5.96 Å². The zero-order valence-electron chi connectivity index (χ0n) is 16.1. The number of aromatic nitrogens is 1. The second-order valence-electron chi connectivity index (χ2n) is 7.64. The molecule has 1 aromatic carbocycles. The molecular weight excluding hydrogens is 334 g/mol. The lowest BCUT2D eigenvalue weighted by Crippen LogP contribution is -2.40. The largest absolute Gasteiger partial charge is 0.357 e. The molecule has 5 heteroatoms. The first-order valence-corrected chi connectivity index (χ1v) is 9.99. The Morgan fingerprint density at radius 3 is 2.48 bits per heavy atom. The molecule has 2 heterocycles. The number of aliphatic imine (C=N–C) groups is 1. The number of nitrogens with zero attached hydrogens (tertiary/aromatic N) is 3. The van der Waals surface area contributed by atoms with Crippen molar-refractivity contribution < 1.29 is 0 Å². The molecule has 27 heavy (non-hydrogen) atoms. The van der Waals surface area contributed by atoms with Gasteiger partial charge in [-0.15, -0.1) is 0 Å². The number of anilines is 1. The van der Waals surface area contributed by atoms with Crippen molar-refractivity contribution in [3.63, 3.8) is 0 Å². The van der Waals surface area contributed by atoms with Gasteiger partial charge in [-0.05, 0) is 42.9 Å². The van der Waals surface area contributed by atoms with E-state index in [0.29, 0.717) is 0 Å². The number of hydrogen-bond donors (Lipinski definition) is 2. The van der Waals surface area contributed by atoms with Crippen LogP contribution in [0.3, 0.4) is 0 Å². The smallest absolute Gasteiger partial charge is 0.191 e. The number of benzene rings is 1. The van der Waals surface area contributed by atoms with Crippen molar-refractivity contribution in [1.82, 2.24) is 15.6 Å². The summed E-state index contributed by atoms with van der Waals surface area (Å²) < 4.78 is 0. The summed E-state index contributed by atoms with van der Waals surface area (Å²) in [7, 11) is 1.83. The summed E-state index contributed by atoms with van der Waals surface area (Å²) in [6.07, 6.45) is 7.00. The summed E-state index contributed by atoms with van der Waals surface area (Å²) >= 11 is 0. The van der Waals surface area contributed by atoms with E-state index in [1.165, 1.54) is 36.8 Å². The SMILES string of the molecule is CN=C(NCc1ccc(N2CCCC2)nc1)NCC1(c2ccccc2)CC1. The Kier molecular flexibility index (Phi) is 5.28. The molecular formula is C22H29N5. The maximum absolute atomic E-state index is 4.63. The fraction of sp³-hybridized carbons (Fsp3) is 0.455. The van der Waals surface area contributed by atoms with Crippen molar-refractivity contribution in [3.8, 4) is 0 Å². The fourth-order valence-electron chi connectivity index (χ4n) is 3.82. The Balaban J connectivity index is 1.28. The van der Waals surface area contributed by atoms with E-state index in [-0.39, 0.29) is 5.41 Å². The van der Waals surface area contributed by atoms with Gasteiger partial charge in [-0.3, -0.25) is 4.99 Å². The van der Waals surface area contributed by atoms with E-state index < -0.39 is 0 Å². The quantitative estimate of drug-likeness (QED) is 0.612. The van der Waals surface area contributed by atoms with E-state index in [2.05, 4.69) is 68.0 Å². The van der Waals surface area contributed by atoms with Crippen LogP contribution in [0.1, 0.15) is 36.8 Å². The van der Waals surface area contributed by atoms with E-state index in [4.69, 9.17) is 0 Å². The van der Waals surface area contributed by atoms with Gasteiger partial charge in [-0.2, -0.15) is 0 Å². The monoisotopic (exact) mass is 363 g/mol. The summed E-state index contributed by atoms with van der Waals surface area (Å²) in [6.45, 7) is 3.91. The van der Waals surface area contributed by atoms with Crippen molar-refractivity contribution in [2.75, 3.05) is 31.6 Å². The molecule has 0 unspecified atom stereocenters. The van der Waals surface area contributed by atoms with Gasteiger partial charge in [0.1, 0.15) is 5.82 Å². The van der Waals surface area contributed by atoms with Crippen LogP contribution in [0.4, 0.5) is 5.82 Å². The molecule has 0 radical (unpaired) electrons. The number of hydrogen-bond acceptors (Lipinski definition) is 3. The Hall–Kier alpha value is -2.56. The molecule has 0 spiro atoms. The first-order valence-electron chi connectivity index (χ1n) is 9.99. The molecule has 2 aromatic rings. The molecule has 2 fully saturated rings. The molecule has 2 aliphatic rings. The highest BCUT2D eigenvalue weighted by Crippen LogP contribution is 2.47. The Morgan fingerprint density at radius 2 is 1.85 bits per heavy atom. The predicted octanol–water partition coefficient (Wildman–Crippen LogP) is 3.08. The van der Waals surface area contributed by atoms with Gasteiger partial charge in [0.05, 0.1) is 0 Å². The first-order chi connectivity index (χ1) is 13.3. The van der Waals surface area contributed by atoms with Crippen LogP contribution in [-0.2, 0) is 12.0 Å². The van der Waals surface area contributed by atoms with Gasteiger partial charge < -0.3 is 15.5 Å². The van der Waals surface area contributed by atoms with E-state index in [1.807, 2.05) is 13.2 Å². The molecule has 1 saturated heterocycles. The van der Waals surface area contributed by atoms with Crippen LogP contribution < -0.4 is 15.5 Å². The summed E-state index contributed by atoms with van der Waals surface area (Å²) in [4.78, 5) is 11.4. The molecule has 2 N–H and O–H groups in total. The third-order valence-corrected chi connectivity index (χ3v) is 5.76. The van der Waals surface area contributed by atoms with Crippen LogP contribution in [0.5, 0.6) is 0 Å². The highest BCUT2D eigenvalue weighted by molar-refractivity contribution is 5.79. The third-order valence-electron chi connectivity index (χ3n) is 5.76. The van der Waals surface area contributed by atoms with Gasteiger partial charge in [-0.25, -0.2) is 4.98 Å². The Morgan fingerprint density at radius 1 is 1.07 bits per heavy atom. The molecule has 1 saturated carbocycles. The lowest BCUT2D eigenvalue weighted by molar-refractivity contribution is 0.645. The second-order valence-corrected chi connectivity index (χ2v) is 7.64. The molecule has 0 bridgehead atoms. The van der Waals surface area contributed by atoms with Crippen molar-refractivity contribution in [2.45, 2.75) is 37.6 Å². The van der Waals surface area contributed by atoms with E-state index >= 15 is 0 Å². The van der Waals surface area contributed by atoms with Gasteiger partial charge in [-0.1, -0.05) is 36.4 Å². The fourth-order valence-corrected chi connectivity index (χ4v) is 3.82. The summed E-state index contributed by atoms with van der Waals surface area (Å²) in [5, 5.41) is 6.92. The van der Waals surface area contributed by atoms with Crippen molar-refractivity contribution in [2.24, 2.45) is 4.99 Å². The number of rotatable bonds is 6. The zero-order chi connectivity index (χ0) is 18.5. The highest BCUT2D eigenvalue weighted by atomic mass is 15.2. The van der Waals surface area contributed by atoms with Gasteiger partial charge in [0, 0.05) is 44.8 Å². The van der Waals surface area contributed by atoms with Gasteiger partial charge >= 0.3 is 0 Å². The molecule has 1 aliphatic carbocycles. The third kappa shape index (κ3) is 4.24. The minimum absolute atomic E-state index is 0.276. The maximum atomic E-state index is 4.63. The topological polar surface area (TPSA) is 52.6 Å².